The first-order valence-corrected chi connectivity index (χ1v) is 11.3. The lowest BCUT2D eigenvalue weighted by molar-refractivity contribution is -0.142. The third-order valence-corrected chi connectivity index (χ3v) is 6.59. The van der Waals surface area contributed by atoms with Crippen LogP contribution in [0.25, 0.3) is 0 Å². The van der Waals surface area contributed by atoms with Crippen LogP contribution < -0.4 is 10.6 Å². The Labute approximate surface area is 194 Å². The number of hydrogen-bond donors (Lipinski definition) is 3. The van der Waals surface area contributed by atoms with Gasteiger partial charge in [-0.15, -0.1) is 0 Å². The van der Waals surface area contributed by atoms with Crippen molar-refractivity contribution in [3.63, 3.8) is 0 Å². The van der Waals surface area contributed by atoms with Gasteiger partial charge in [0.05, 0.1) is 16.8 Å². The normalized spacial score (nSPS) is 16.5. The van der Waals surface area contributed by atoms with Crippen LogP contribution in [0.2, 0.25) is 0 Å². The topological polar surface area (TPSA) is 74.2 Å². The molecule has 0 spiro atoms. The van der Waals surface area contributed by atoms with Gasteiger partial charge in [-0.3, -0.25) is 9.78 Å². The fourth-order valence-electron chi connectivity index (χ4n) is 4.42. The molecule has 1 aliphatic rings. The number of carboxylic acid groups (broad SMARTS) is 1. The summed E-state index contributed by atoms with van der Waals surface area (Å²) < 4.78 is 14.5. The SMILES string of the molecule is CC(C)(C(=O)O)c1ccc(F)c(CCN[C@H](c2ccccc2)[C@H]2CNc3cccnc3C2)c1. The molecule has 0 saturated carbocycles. The van der Waals surface area contributed by atoms with E-state index in [-0.39, 0.29) is 17.8 Å². The molecule has 172 valence electrons. The van der Waals surface area contributed by atoms with Crippen molar-refractivity contribution in [2.45, 2.75) is 38.1 Å². The lowest BCUT2D eigenvalue weighted by atomic mass is 9.83. The van der Waals surface area contributed by atoms with Crippen LogP contribution in [0.1, 0.15) is 42.3 Å². The van der Waals surface area contributed by atoms with Crippen LogP contribution in [-0.2, 0) is 23.1 Å². The average Bonchev–Trinajstić information content (AvgIpc) is 2.83. The molecule has 3 aromatic rings. The van der Waals surface area contributed by atoms with Crippen molar-refractivity contribution in [3.8, 4) is 0 Å². The van der Waals surface area contributed by atoms with Crippen LogP contribution in [0.5, 0.6) is 0 Å². The van der Waals surface area contributed by atoms with Gasteiger partial charge in [-0.2, -0.15) is 0 Å². The van der Waals surface area contributed by atoms with Crippen molar-refractivity contribution >= 4 is 11.7 Å². The number of halogens is 1. The summed E-state index contributed by atoms with van der Waals surface area (Å²) in [4.78, 5) is 16.2. The van der Waals surface area contributed by atoms with Gasteiger partial charge in [0.25, 0.3) is 0 Å². The number of aliphatic carboxylic acids is 1. The van der Waals surface area contributed by atoms with Gasteiger partial charge in [-0.1, -0.05) is 42.5 Å². The predicted molar refractivity (Wildman–Crippen MR) is 128 cm³/mol. The molecule has 0 amide bonds. The first kappa shape index (κ1) is 22.9. The molecule has 0 bridgehead atoms. The zero-order valence-corrected chi connectivity index (χ0v) is 19.0. The number of rotatable bonds is 8. The van der Waals surface area contributed by atoms with Gasteiger partial charge in [-0.05, 0) is 68.1 Å². The zero-order chi connectivity index (χ0) is 23.4. The summed E-state index contributed by atoms with van der Waals surface area (Å²) in [5.41, 5.74) is 3.38. The minimum atomic E-state index is -1.07. The van der Waals surface area contributed by atoms with E-state index in [1.54, 1.807) is 26.0 Å². The first-order chi connectivity index (χ1) is 15.9. The van der Waals surface area contributed by atoms with E-state index in [0.29, 0.717) is 24.1 Å². The van der Waals surface area contributed by atoms with Gasteiger partial charge in [0.2, 0.25) is 0 Å². The van der Waals surface area contributed by atoms with Crippen LogP contribution >= 0.6 is 0 Å². The second kappa shape index (κ2) is 9.71. The molecule has 4 rings (SSSR count). The lowest BCUT2D eigenvalue weighted by Gasteiger charge is -2.33. The Balaban J connectivity index is 1.50. The van der Waals surface area contributed by atoms with Gasteiger partial charge < -0.3 is 15.7 Å². The van der Waals surface area contributed by atoms with E-state index in [0.717, 1.165) is 24.3 Å². The summed E-state index contributed by atoms with van der Waals surface area (Å²) in [7, 11) is 0. The minimum absolute atomic E-state index is 0.0792. The number of nitrogens with zero attached hydrogens (tertiary/aromatic N) is 1. The highest BCUT2D eigenvalue weighted by molar-refractivity contribution is 5.80. The second-order valence-corrected chi connectivity index (χ2v) is 9.17. The van der Waals surface area contributed by atoms with Crippen molar-refractivity contribution in [3.05, 3.63) is 95.1 Å². The number of carboxylic acids is 1. The lowest BCUT2D eigenvalue weighted by Crippen LogP contribution is -2.37. The van der Waals surface area contributed by atoms with Crippen molar-refractivity contribution in [2.75, 3.05) is 18.4 Å². The molecule has 1 aliphatic heterocycles. The summed E-state index contributed by atoms with van der Waals surface area (Å²) in [5, 5.41) is 16.7. The smallest absolute Gasteiger partial charge is 0.313 e. The molecule has 2 heterocycles. The molecule has 1 aromatic heterocycles. The van der Waals surface area contributed by atoms with Crippen molar-refractivity contribution in [2.24, 2.45) is 5.92 Å². The van der Waals surface area contributed by atoms with Crippen LogP contribution in [0.4, 0.5) is 10.1 Å². The summed E-state index contributed by atoms with van der Waals surface area (Å²) >= 11 is 0. The molecule has 33 heavy (non-hydrogen) atoms. The number of carbonyl (C=O) groups is 1. The number of aromatic nitrogens is 1. The summed E-state index contributed by atoms with van der Waals surface area (Å²) in [5.74, 6) is -0.951. The molecular formula is C27H30FN3O2. The first-order valence-electron chi connectivity index (χ1n) is 11.3. The highest BCUT2D eigenvalue weighted by atomic mass is 19.1. The fourth-order valence-corrected chi connectivity index (χ4v) is 4.42. The van der Waals surface area contributed by atoms with E-state index >= 15 is 0 Å². The maximum absolute atomic E-state index is 14.5. The van der Waals surface area contributed by atoms with Crippen molar-refractivity contribution in [1.29, 1.82) is 0 Å². The van der Waals surface area contributed by atoms with E-state index in [1.807, 2.05) is 30.5 Å². The van der Waals surface area contributed by atoms with E-state index in [4.69, 9.17) is 0 Å². The molecule has 0 radical (unpaired) electrons. The second-order valence-electron chi connectivity index (χ2n) is 9.17. The highest BCUT2D eigenvalue weighted by Crippen LogP contribution is 2.31. The van der Waals surface area contributed by atoms with E-state index in [1.165, 1.54) is 11.6 Å². The Morgan fingerprint density at radius 2 is 2.00 bits per heavy atom. The van der Waals surface area contributed by atoms with E-state index < -0.39 is 11.4 Å². The van der Waals surface area contributed by atoms with Crippen LogP contribution in [0.3, 0.4) is 0 Å². The Morgan fingerprint density at radius 1 is 1.21 bits per heavy atom. The Kier molecular flexibility index (Phi) is 6.75. The van der Waals surface area contributed by atoms with Gasteiger partial charge in [0.1, 0.15) is 5.82 Å². The van der Waals surface area contributed by atoms with Crippen LogP contribution in [0, 0.1) is 11.7 Å². The zero-order valence-electron chi connectivity index (χ0n) is 19.0. The number of hydrogen-bond acceptors (Lipinski definition) is 4. The minimum Gasteiger partial charge on any atom is -0.481 e. The number of pyridine rings is 1. The molecule has 5 nitrogen and oxygen atoms in total. The molecule has 2 aromatic carbocycles. The standard InChI is InChI=1S/C27H30FN3O2/c1-27(2,26(32)33)21-10-11-22(28)19(15-21)12-14-30-25(18-7-4-3-5-8-18)20-16-24-23(31-17-20)9-6-13-29-24/h3-11,13,15,20,25,30-31H,12,14,16-17H2,1-2H3,(H,32,33)/t20-,25-/m1/s1. The predicted octanol–water partition coefficient (Wildman–Crippen LogP) is 4.74. The van der Waals surface area contributed by atoms with E-state index in [2.05, 4.69) is 33.8 Å². The van der Waals surface area contributed by atoms with Gasteiger partial charge >= 0.3 is 5.97 Å². The summed E-state index contributed by atoms with van der Waals surface area (Å²) in [6.07, 6.45) is 3.14. The molecule has 0 saturated heterocycles. The molecule has 0 unspecified atom stereocenters. The molecule has 6 heteroatoms. The average molecular weight is 448 g/mol. The van der Waals surface area contributed by atoms with Crippen molar-refractivity contribution in [1.82, 2.24) is 10.3 Å². The molecule has 3 N–H and O–H groups in total. The molecule has 2 atom stereocenters. The quantitative estimate of drug-likeness (QED) is 0.465. The molecular weight excluding hydrogens is 417 g/mol. The third-order valence-electron chi connectivity index (χ3n) is 6.59. The maximum Gasteiger partial charge on any atom is 0.313 e. The maximum atomic E-state index is 14.5. The van der Waals surface area contributed by atoms with E-state index in [9.17, 15) is 14.3 Å². The van der Waals surface area contributed by atoms with Crippen molar-refractivity contribution < 1.29 is 14.3 Å². The van der Waals surface area contributed by atoms with Crippen LogP contribution in [-0.4, -0.2) is 29.1 Å². The van der Waals surface area contributed by atoms with Gasteiger partial charge in [0.15, 0.2) is 0 Å². The monoisotopic (exact) mass is 447 g/mol. The Bertz CT molecular complexity index is 1120. The molecule has 0 aliphatic carbocycles. The number of anilines is 1. The van der Waals surface area contributed by atoms with Crippen LogP contribution in [0.15, 0.2) is 66.9 Å². The largest absolute Gasteiger partial charge is 0.481 e. The third kappa shape index (κ3) is 5.06. The fraction of sp³-hybridized carbons (Fsp3) is 0.333. The number of nitrogens with one attached hydrogen (secondary N) is 2. The summed E-state index contributed by atoms with van der Waals surface area (Å²) in [6, 6.07) is 19.0. The number of benzene rings is 2. The Morgan fingerprint density at radius 3 is 2.76 bits per heavy atom. The molecule has 0 fully saturated rings. The van der Waals surface area contributed by atoms with Gasteiger partial charge in [0, 0.05) is 24.7 Å². The Hall–Kier alpha value is -3.25. The number of fused-ring (bicyclic) bond motifs is 1. The van der Waals surface area contributed by atoms with Gasteiger partial charge in [-0.25, -0.2) is 4.39 Å². The summed E-state index contributed by atoms with van der Waals surface area (Å²) in [6.45, 7) is 4.66. The highest BCUT2D eigenvalue weighted by Gasteiger charge is 2.30.